The summed E-state index contributed by atoms with van der Waals surface area (Å²) in [6.07, 6.45) is 3.29. The number of carbonyl (C=O) groups is 1. The molecule has 1 aliphatic rings. The number of carbonyl (C=O) groups excluding carboxylic acids is 1. The van der Waals surface area contributed by atoms with Crippen molar-refractivity contribution in [1.29, 1.82) is 0 Å². The van der Waals surface area contributed by atoms with Crippen LogP contribution in [0.3, 0.4) is 0 Å². The lowest BCUT2D eigenvalue weighted by atomic mass is 10.0. The molecule has 0 aliphatic heterocycles. The first-order valence-electron chi connectivity index (χ1n) is 7.12. The SMILES string of the molecule is CCCC(CCCl)CNC(=O)C1C(C)(C)C1(C)C. The number of hydrogen-bond acceptors (Lipinski definition) is 1. The summed E-state index contributed by atoms with van der Waals surface area (Å²) in [5, 5.41) is 3.13. The lowest BCUT2D eigenvalue weighted by molar-refractivity contribution is -0.123. The van der Waals surface area contributed by atoms with Crippen LogP contribution < -0.4 is 5.32 Å². The van der Waals surface area contributed by atoms with Crippen LogP contribution in [0.25, 0.3) is 0 Å². The van der Waals surface area contributed by atoms with Gasteiger partial charge in [0.25, 0.3) is 0 Å². The molecule has 1 amide bonds. The molecule has 2 nitrogen and oxygen atoms in total. The fourth-order valence-corrected chi connectivity index (χ4v) is 3.42. The van der Waals surface area contributed by atoms with Gasteiger partial charge in [0.1, 0.15) is 0 Å². The van der Waals surface area contributed by atoms with Gasteiger partial charge in [0.05, 0.1) is 0 Å². The summed E-state index contributed by atoms with van der Waals surface area (Å²) in [6.45, 7) is 11.7. The normalized spacial score (nSPS) is 22.6. The van der Waals surface area contributed by atoms with Gasteiger partial charge in [-0.3, -0.25) is 4.79 Å². The summed E-state index contributed by atoms with van der Waals surface area (Å²) in [5.41, 5.74) is 0.258. The minimum Gasteiger partial charge on any atom is -0.356 e. The van der Waals surface area contributed by atoms with E-state index in [1.165, 1.54) is 0 Å². The van der Waals surface area contributed by atoms with Gasteiger partial charge >= 0.3 is 0 Å². The quantitative estimate of drug-likeness (QED) is 0.702. The fraction of sp³-hybridized carbons (Fsp3) is 0.933. The molecule has 1 fully saturated rings. The predicted molar refractivity (Wildman–Crippen MR) is 77.8 cm³/mol. The Balaban J connectivity index is 2.42. The topological polar surface area (TPSA) is 29.1 Å². The molecule has 1 rings (SSSR count). The average Bonchev–Trinajstić information content (AvgIpc) is 2.66. The van der Waals surface area contributed by atoms with Crippen molar-refractivity contribution in [3.05, 3.63) is 0 Å². The molecule has 1 atom stereocenters. The number of nitrogens with one attached hydrogen (secondary N) is 1. The van der Waals surface area contributed by atoms with E-state index in [-0.39, 0.29) is 22.7 Å². The largest absolute Gasteiger partial charge is 0.356 e. The molecule has 0 aromatic heterocycles. The Labute approximate surface area is 117 Å². The highest BCUT2D eigenvalue weighted by molar-refractivity contribution is 6.17. The van der Waals surface area contributed by atoms with Crippen molar-refractivity contribution in [3.63, 3.8) is 0 Å². The van der Waals surface area contributed by atoms with Gasteiger partial charge in [-0.05, 0) is 29.6 Å². The Bertz CT molecular complexity index is 279. The second kappa shape index (κ2) is 5.81. The zero-order valence-electron chi connectivity index (χ0n) is 12.5. The average molecular weight is 274 g/mol. The van der Waals surface area contributed by atoms with E-state index < -0.39 is 0 Å². The van der Waals surface area contributed by atoms with Crippen LogP contribution >= 0.6 is 11.6 Å². The molecule has 0 radical (unpaired) electrons. The molecular formula is C15H28ClNO. The molecule has 1 saturated carbocycles. The summed E-state index contributed by atoms with van der Waals surface area (Å²) < 4.78 is 0. The van der Waals surface area contributed by atoms with Gasteiger partial charge in [-0.1, -0.05) is 41.0 Å². The maximum absolute atomic E-state index is 12.2. The highest BCUT2D eigenvalue weighted by atomic mass is 35.5. The highest BCUT2D eigenvalue weighted by Crippen LogP contribution is 2.68. The van der Waals surface area contributed by atoms with Crippen LogP contribution in [0.2, 0.25) is 0 Å². The van der Waals surface area contributed by atoms with Crippen LogP contribution in [0.5, 0.6) is 0 Å². The molecule has 0 heterocycles. The van der Waals surface area contributed by atoms with Crippen LogP contribution in [0.4, 0.5) is 0 Å². The summed E-state index contributed by atoms with van der Waals surface area (Å²) in [4.78, 5) is 12.2. The second-order valence-electron chi connectivity index (χ2n) is 6.75. The Morgan fingerprint density at radius 2 is 1.78 bits per heavy atom. The molecule has 0 spiro atoms. The molecule has 0 saturated heterocycles. The van der Waals surface area contributed by atoms with Gasteiger partial charge in [0, 0.05) is 18.3 Å². The molecule has 1 unspecified atom stereocenters. The maximum Gasteiger partial charge on any atom is 0.224 e. The van der Waals surface area contributed by atoms with Crippen LogP contribution in [0.15, 0.2) is 0 Å². The van der Waals surface area contributed by atoms with Crippen molar-refractivity contribution in [2.45, 2.75) is 53.9 Å². The minimum atomic E-state index is 0.129. The van der Waals surface area contributed by atoms with E-state index in [1.54, 1.807) is 0 Å². The van der Waals surface area contributed by atoms with Gasteiger partial charge in [-0.2, -0.15) is 0 Å². The smallest absolute Gasteiger partial charge is 0.224 e. The van der Waals surface area contributed by atoms with E-state index in [0.717, 1.165) is 25.8 Å². The van der Waals surface area contributed by atoms with Crippen LogP contribution in [-0.4, -0.2) is 18.3 Å². The van der Waals surface area contributed by atoms with Gasteiger partial charge in [-0.15, -0.1) is 11.6 Å². The Morgan fingerprint density at radius 1 is 1.22 bits per heavy atom. The number of halogens is 1. The Kier molecular flexibility index (Phi) is 5.11. The molecule has 18 heavy (non-hydrogen) atoms. The van der Waals surface area contributed by atoms with E-state index >= 15 is 0 Å². The van der Waals surface area contributed by atoms with Crippen LogP contribution in [0.1, 0.15) is 53.9 Å². The minimum absolute atomic E-state index is 0.129. The van der Waals surface area contributed by atoms with Crippen molar-refractivity contribution in [1.82, 2.24) is 5.32 Å². The Hall–Kier alpha value is -0.240. The molecule has 1 aliphatic carbocycles. The maximum atomic E-state index is 12.2. The second-order valence-corrected chi connectivity index (χ2v) is 7.13. The summed E-state index contributed by atoms with van der Waals surface area (Å²) in [6, 6.07) is 0. The van der Waals surface area contributed by atoms with E-state index in [0.29, 0.717) is 11.8 Å². The number of rotatable bonds is 7. The van der Waals surface area contributed by atoms with Crippen LogP contribution in [-0.2, 0) is 4.79 Å². The number of hydrogen-bond donors (Lipinski definition) is 1. The fourth-order valence-electron chi connectivity index (χ4n) is 3.11. The van der Waals surface area contributed by atoms with Crippen molar-refractivity contribution in [2.24, 2.45) is 22.7 Å². The standard InChI is InChI=1S/C15H28ClNO/c1-6-7-11(8-9-16)10-17-13(18)12-14(2,3)15(12,4)5/h11-12H,6-10H2,1-5H3,(H,17,18). The summed E-state index contributed by atoms with van der Waals surface area (Å²) in [5.74, 6) is 1.59. The Morgan fingerprint density at radius 3 is 2.17 bits per heavy atom. The molecular weight excluding hydrogens is 246 g/mol. The van der Waals surface area contributed by atoms with E-state index in [9.17, 15) is 4.79 Å². The van der Waals surface area contributed by atoms with Crippen LogP contribution in [0, 0.1) is 22.7 Å². The number of alkyl halides is 1. The summed E-state index contributed by atoms with van der Waals surface area (Å²) in [7, 11) is 0. The van der Waals surface area contributed by atoms with Gasteiger partial charge in [0.2, 0.25) is 5.91 Å². The first-order chi connectivity index (χ1) is 8.29. The molecule has 0 aromatic carbocycles. The van der Waals surface area contributed by atoms with Gasteiger partial charge in [0.15, 0.2) is 0 Å². The molecule has 106 valence electrons. The zero-order valence-corrected chi connectivity index (χ0v) is 13.2. The monoisotopic (exact) mass is 273 g/mol. The third kappa shape index (κ3) is 3.01. The number of amides is 1. The molecule has 0 bridgehead atoms. The van der Waals surface area contributed by atoms with E-state index in [2.05, 4.69) is 39.9 Å². The third-order valence-corrected chi connectivity index (χ3v) is 5.28. The predicted octanol–water partition coefficient (Wildman–Crippen LogP) is 3.83. The van der Waals surface area contributed by atoms with Crippen molar-refractivity contribution < 1.29 is 4.79 Å². The van der Waals surface area contributed by atoms with Gasteiger partial charge in [-0.25, -0.2) is 0 Å². The van der Waals surface area contributed by atoms with E-state index in [1.807, 2.05) is 0 Å². The molecule has 0 aromatic rings. The lowest BCUT2D eigenvalue weighted by Gasteiger charge is -2.16. The molecule has 3 heteroatoms. The van der Waals surface area contributed by atoms with Crippen molar-refractivity contribution in [3.8, 4) is 0 Å². The summed E-state index contributed by atoms with van der Waals surface area (Å²) >= 11 is 5.80. The first kappa shape index (κ1) is 15.8. The zero-order chi connectivity index (χ0) is 14.0. The van der Waals surface area contributed by atoms with Gasteiger partial charge < -0.3 is 5.32 Å². The first-order valence-corrected chi connectivity index (χ1v) is 7.66. The lowest BCUT2D eigenvalue weighted by Crippen LogP contribution is -2.32. The van der Waals surface area contributed by atoms with Crippen molar-refractivity contribution in [2.75, 3.05) is 12.4 Å². The van der Waals surface area contributed by atoms with Crippen molar-refractivity contribution >= 4 is 17.5 Å². The van der Waals surface area contributed by atoms with E-state index in [4.69, 9.17) is 11.6 Å². The third-order valence-electron chi connectivity index (χ3n) is 5.06. The molecule has 1 N–H and O–H groups in total. The highest BCUT2D eigenvalue weighted by Gasteiger charge is 2.68.